The van der Waals surface area contributed by atoms with E-state index in [-0.39, 0.29) is 18.4 Å². The minimum atomic E-state index is -3.21. The van der Waals surface area contributed by atoms with Crippen LogP contribution in [0.1, 0.15) is 10.4 Å². The molecule has 0 radical (unpaired) electrons. The average Bonchev–Trinajstić information content (AvgIpc) is 2.58. The number of nitrogens with zero attached hydrogens (tertiary/aromatic N) is 2. The highest BCUT2D eigenvalue weighted by Gasteiger charge is 2.25. The zero-order valence-corrected chi connectivity index (χ0v) is 14.6. The van der Waals surface area contributed by atoms with E-state index in [1.807, 2.05) is 0 Å². The summed E-state index contributed by atoms with van der Waals surface area (Å²) in [7, 11) is -1.67. The van der Waals surface area contributed by atoms with Crippen molar-refractivity contribution in [3.8, 4) is 0 Å². The van der Waals surface area contributed by atoms with Gasteiger partial charge in [0.15, 0.2) is 0 Å². The van der Waals surface area contributed by atoms with Crippen LogP contribution in [-0.4, -0.2) is 75.5 Å². The third-order valence-corrected chi connectivity index (χ3v) is 5.19. The Kier molecular flexibility index (Phi) is 5.79. The summed E-state index contributed by atoms with van der Waals surface area (Å²) in [6, 6.07) is 6.95. The Morgan fingerprint density at radius 1 is 1.12 bits per heavy atom. The zero-order valence-electron chi connectivity index (χ0n) is 13.8. The van der Waals surface area contributed by atoms with Gasteiger partial charge in [0, 0.05) is 38.9 Å². The van der Waals surface area contributed by atoms with Crippen LogP contribution in [0.5, 0.6) is 0 Å². The molecule has 1 aliphatic heterocycles. The number of nitrogens with one attached hydrogen (secondary N) is 2. The van der Waals surface area contributed by atoms with Crippen LogP contribution in [-0.2, 0) is 14.8 Å². The molecule has 1 saturated heterocycles. The van der Waals surface area contributed by atoms with E-state index in [0.717, 1.165) is 0 Å². The molecule has 0 spiro atoms. The maximum Gasteiger partial charge on any atom is 0.253 e. The Balaban J connectivity index is 1.92. The Labute approximate surface area is 141 Å². The number of piperazine rings is 1. The Hall–Kier alpha value is -2.13. The lowest BCUT2D eigenvalue weighted by Crippen LogP contribution is -2.51. The molecule has 8 nitrogen and oxygen atoms in total. The fraction of sp³-hybridized carbons (Fsp3) is 0.467. The summed E-state index contributed by atoms with van der Waals surface area (Å²) in [6.07, 6.45) is 1.17. The molecular formula is C15H22N4O4S. The predicted molar refractivity (Wildman–Crippen MR) is 91.3 cm³/mol. The highest BCUT2D eigenvalue weighted by molar-refractivity contribution is 7.88. The molecule has 1 fully saturated rings. The van der Waals surface area contributed by atoms with Crippen molar-refractivity contribution in [1.82, 2.24) is 14.5 Å². The van der Waals surface area contributed by atoms with Gasteiger partial charge in [-0.25, -0.2) is 8.42 Å². The van der Waals surface area contributed by atoms with Crippen LogP contribution in [0.3, 0.4) is 0 Å². The van der Waals surface area contributed by atoms with Crippen molar-refractivity contribution in [3.63, 3.8) is 0 Å². The van der Waals surface area contributed by atoms with E-state index in [4.69, 9.17) is 0 Å². The molecule has 1 aromatic rings. The first-order valence-corrected chi connectivity index (χ1v) is 9.45. The summed E-state index contributed by atoms with van der Waals surface area (Å²) in [5.74, 6) is -0.359. The van der Waals surface area contributed by atoms with Crippen LogP contribution in [0.4, 0.5) is 5.69 Å². The monoisotopic (exact) mass is 354 g/mol. The van der Waals surface area contributed by atoms with Gasteiger partial charge < -0.3 is 15.5 Å². The van der Waals surface area contributed by atoms with Crippen LogP contribution in [0, 0.1) is 0 Å². The summed E-state index contributed by atoms with van der Waals surface area (Å²) in [4.78, 5) is 25.7. The second-order valence-corrected chi connectivity index (χ2v) is 7.50. The maximum atomic E-state index is 12.3. The minimum Gasteiger partial charge on any atom is -0.376 e. The molecule has 1 aliphatic rings. The Morgan fingerprint density at radius 2 is 1.75 bits per heavy atom. The highest BCUT2D eigenvalue weighted by atomic mass is 32.2. The summed E-state index contributed by atoms with van der Waals surface area (Å²) in [5, 5.41) is 5.54. The molecular weight excluding hydrogens is 332 g/mol. The van der Waals surface area contributed by atoms with Gasteiger partial charge in [0.25, 0.3) is 5.91 Å². The standard InChI is InChI=1S/C15H22N4O4S/c1-16-15(21)12-5-3-4-6-13(12)17-11-14(20)18-7-9-19(10-8-18)24(2,22)23/h3-6,17H,7-11H2,1-2H3,(H,16,21). The first-order valence-electron chi connectivity index (χ1n) is 7.61. The largest absolute Gasteiger partial charge is 0.376 e. The van der Waals surface area contributed by atoms with Crippen LogP contribution < -0.4 is 10.6 Å². The number of benzene rings is 1. The van der Waals surface area contributed by atoms with Gasteiger partial charge in [0.05, 0.1) is 18.4 Å². The van der Waals surface area contributed by atoms with E-state index >= 15 is 0 Å². The lowest BCUT2D eigenvalue weighted by molar-refractivity contribution is -0.130. The third-order valence-electron chi connectivity index (χ3n) is 3.89. The van der Waals surface area contributed by atoms with Crippen LogP contribution >= 0.6 is 0 Å². The molecule has 0 atom stereocenters. The summed E-state index contributed by atoms with van der Waals surface area (Å²) in [5.41, 5.74) is 1.05. The van der Waals surface area contributed by atoms with Gasteiger partial charge in [-0.1, -0.05) is 12.1 Å². The first-order chi connectivity index (χ1) is 11.3. The lowest BCUT2D eigenvalue weighted by atomic mass is 10.1. The fourth-order valence-electron chi connectivity index (χ4n) is 2.52. The number of anilines is 1. The van der Waals surface area contributed by atoms with E-state index in [0.29, 0.717) is 37.4 Å². The second-order valence-electron chi connectivity index (χ2n) is 5.52. The van der Waals surface area contributed by atoms with Crippen molar-refractivity contribution in [2.75, 3.05) is 51.3 Å². The van der Waals surface area contributed by atoms with Crippen LogP contribution in [0.25, 0.3) is 0 Å². The third kappa shape index (κ3) is 4.45. The smallest absolute Gasteiger partial charge is 0.253 e. The molecule has 2 amide bonds. The zero-order chi connectivity index (χ0) is 17.7. The molecule has 2 N–H and O–H groups in total. The van der Waals surface area contributed by atoms with E-state index in [1.54, 1.807) is 36.2 Å². The second kappa shape index (κ2) is 7.63. The lowest BCUT2D eigenvalue weighted by Gasteiger charge is -2.33. The van der Waals surface area contributed by atoms with E-state index in [9.17, 15) is 18.0 Å². The number of carbonyl (C=O) groups is 2. The molecule has 0 aliphatic carbocycles. The fourth-order valence-corrected chi connectivity index (χ4v) is 3.35. The van der Waals surface area contributed by atoms with Gasteiger partial charge in [-0.15, -0.1) is 0 Å². The molecule has 132 valence electrons. The number of sulfonamides is 1. The van der Waals surface area contributed by atoms with Crippen LogP contribution in [0.2, 0.25) is 0 Å². The van der Waals surface area contributed by atoms with Gasteiger partial charge in [-0.05, 0) is 12.1 Å². The van der Waals surface area contributed by atoms with Crippen molar-refractivity contribution in [1.29, 1.82) is 0 Å². The summed E-state index contributed by atoms with van der Waals surface area (Å²) in [6.45, 7) is 1.39. The summed E-state index contributed by atoms with van der Waals surface area (Å²) >= 11 is 0. The molecule has 0 aromatic heterocycles. The highest BCUT2D eigenvalue weighted by Crippen LogP contribution is 2.15. The van der Waals surface area contributed by atoms with Crippen molar-refractivity contribution >= 4 is 27.5 Å². The SMILES string of the molecule is CNC(=O)c1ccccc1NCC(=O)N1CCN(S(C)(=O)=O)CC1. The van der Waals surface area contributed by atoms with E-state index in [1.165, 1.54) is 10.6 Å². The van der Waals surface area contributed by atoms with Gasteiger partial charge in [-0.2, -0.15) is 4.31 Å². The van der Waals surface area contributed by atoms with Crippen molar-refractivity contribution < 1.29 is 18.0 Å². The molecule has 1 aromatic carbocycles. The molecule has 0 bridgehead atoms. The molecule has 24 heavy (non-hydrogen) atoms. The maximum absolute atomic E-state index is 12.3. The number of amides is 2. The number of hydrogen-bond donors (Lipinski definition) is 2. The molecule has 0 unspecified atom stereocenters. The van der Waals surface area contributed by atoms with Crippen LogP contribution in [0.15, 0.2) is 24.3 Å². The molecule has 1 heterocycles. The first kappa shape index (κ1) is 18.2. The predicted octanol–water partition coefficient (Wildman–Crippen LogP) is -0.438. The number of hydrogen-bond acceptors (Lipinski definition) is 5. The minimum absolute atomic E-state index is 0.0485. The van der Waals surface area contributed by atoms with Crippen molar-refractivity contribution in [2.24, 2.45) is 0 Å². The summed E-state index contributed by atoms with van der Waals surface area (Å²) < 4.78 is 24.3. The topological polar surface area (TPSA) is 98.8 Å². The Morgan fingerprint density at radius 3 is 2.33 bits per heavy atom. The van der Waals surface area contributed by atoms with Crippen molar-refractivity contribution in [3.05, 3.63) is 29.8 Å². The number of rotatable bonds is 5. The number of para-hydroxylation sites is 1. The van der Waals surface area contributed by atoms with Crippen molar-refractivity contribution in [2.45, 2.75) is 0 Å². The molecule has 2 rings (SSSR count). The Bertz CT molecular complexity index is 712. The average molecular weight is 354 g/mol. The van der Waals surface area contributed by atoms with Gasteiger partial charge in [0.1, 0.15) is 0 Å². The van der Waals surface area contributed by atoms with Gasteiger partial charge in [-0.3, -0.25) is 9.59 Å². The van der Waals surface area contributed by atoms with Gasteiger partial charge >= 0.3 is 0 Å². The molecule has 9 heteroatoms. The van der Waals surface area contributed by atoms with E-state index in [2.05, 4.69) is 10.6 Å². The number of carbonyl (C=O) groups excluding carboxylic acids is 2. The van der Waals surface area contributed by atoms with E-state index < -0.39 is 10.0 Å². The van der Waals surface area contributed by atoms with Gasteiger partial charge in [0.2, 0.25) is 15.9 Å². The quantitative estimate of drug-likeness (QED) is 0.747. The molecule has 0 saturated carbocycles. The normalized spacial score (nSPS) is 15.8.